The summed E-state index contributed by atoms with van der Waals surface area (Å²) in [5.74, 6) is 0. The van der Waals surface area contributed by atoms with Crippen molar-refractivity contribution in [1.29, 1.82) is 0 Å². The Morgan fingerprint density at radius 3 is 2.40 bits per heavy atom. The molecule has 2 atom stereocenters. The maximum atomic E-state index is 5.69. The predicted octanol–water partition coefficient (Wildman–Crippen LogP) is 1.15. The molecule has 0 radical (unpaired) electrons. The van der Waals surface area contributed by atoms with Crippen LogP contribution in [0.3, 0.4) is 0 Å². The molecule has 1 fully saturated rings. The smallest absolute Gasteiger partial charge is 0.0729 e. The van der Waals surface area contributed by atoms with Crippen molar-refractivity contribution in [2.45, 2.75) is 39.3 Å². The van der Waals surface area contributed by atoms with Crippen LogP contribution in [0.4, 0.5) is 0 Å². The molecule has 0 saturated carbocycles. The largest absolute Gasteiger partial charge is 0.376 e. The average molecular weight is 143 g/mol. The van der Waals surface area contributed by atoms with Gasteiger partial charge >= 0.3 is 0 Å². The Hall–Kier alpha value is -0.0800. The molecule has 2 nitrogen and oxygen atoms in total. The highest BCUT2D eigenvalue weighted by molar-refractivity contribution is 4.84. The summed E-state index contributed by atoms with van der Waals surface area (Å²) < 4.78 is 5.50. The van der Waals surface area contributed by atoms with Gasteiger partial charge in [-0.15, -0.1) is 0 Å². The first-order chi connectivity index (χ1) is 4.51. The van der Waals surface area contributed by atoms with E-state index in [2.05, 4.69) is 13.8 Å². The van der Waals surface area contributed by atoms with Crippen LogP contribution in [0, 0.1) is 5.41 Å². The van der Waals surface area contributed by atoms with Crippen LogP contribution in [0.1, 0.15) is 27.2 Å². The number of ether oxygens (including phenoxy) is 1. The molecule has 0 bridgehead atoms. The molecule has 0 aromatic heterocycles. The highest BCUT2D eigenvalue weighted by atomic mass is 16.5. The highest BCUT2D eigenvalue weighted by Gasteiger charge is 2.33. The van der Waals surface area contributed by atoms with Crippen molar-refractivity contribution in [1.82, 2.24) is 0 Å². The van der Waals surface area contributed by atoms with Crippen molar-refractivity contribution >= 4 is 0 Å². The lowest BCUT2D eigenvalue weighted by Crippen LogP contribution is -2.31. The number of hydrogen-bond donors (Lipinski definition) is 1. The van der Waals surface area contributed by atoms with Gasteiger partial charge in [0.05, 0.1) is 12.7 Å². The average Bonchev–Trinajstić information content (AvgIpc) is 2.10. The summed E-state index contributed by atoms with van der Waals surface area (Å²) in [5, 5.41) is 0. The first-order valence-electron chi connectivity index (χ1n) is 3.88. The Morgan fingerprint density at radius 2 is 2.20 bits per heavy atom. The zero-order valence-corrected chi connectivity index (χ0v) is 7.05. The molecular weight excluding hydrogens is 126 g/mol. The molecule has 10 heavy (non-hydrogen) atoms. The van der Waals surface area contributed by atoms with Crippen molar-refractivity contribution in [3.8, 4) is 0 Å². The molecule has 0 aliphatic carbocycles. The summed E-state index contributed by atoms with van der Waals surface area (Å²) in [6.07, 6.45) is 1.39. The number of rotatable bonds is 1. The Morgan fingerprint density at radius 1 is 1.60 bits per heavy atom. The molecule has 2 N–H and O–H groups in total. The SMILES string of the molecule is C[C@H](N)C1CC(C)(C)CO1. The molecule has 0 aromatic rings. The normalized spacial score (nSPS) is 34.2. The van der Waals surface area contributed by atoms with Crippen LogP contribution in [0.15, 0.2) is 0 Å². The molecular formula is C8H17NO. The lowest BCUT2D eigenvalue weighted by atomic mass is 9.89. The minimum Gasteiger partial charge on any atom is -0.376 e. The van der Waals surface area contributed by atoms with Crippen molar-refractivity contribution in [2.75, 3.05) is 6.61 Å². The summed E-state index contributed by atoms with van der Waals surface area (Å²) in [7, 11) is 0. The fraction of sp³-hybridized carbons (Fsp3) is 1.00. The van der Waals surface area contributed by atoms with Crippen LogP contribution in [-0.2, 0) is 4.74 Å². The third kappa shape index (κ3) is 1.70. The van der Waals surface area contributed by atoms with E-state index in [4.69, 9.17) is 10.5 Å². The van der Waals surface area contributed by atoms with Gasteiger partial charge in [0.1, 0.15) is 0 Å². The van der Waals surface area contributed by atoms with E-state index < -0.39 is 0 Å². The van der Waals surface area contributed by atoms with Crippen molar-refractivity contribution < 1.29 is 4.74 Å². The summed E-state index contributed by atoms with van der Waals surface area (Å²) in [5.41, 5.74) is 6.04. The Labute approximate surface area is 62.7 Å². The second kappa shape index (κ2) is 2.51. The van der Waals surface area contributed by atoms with Crippen molar-refractivity contribution in [2.24, 2.45) is 11.1 Å². The van der Waals surface area contributed by atoms with Crippen LogP contribution in [0.25, 0.3) is 0 Å². The summed E-state index contributed by atoms with van der Waals surface area (Å²) in [4.78, 5) is 0. The zero-order chi connectivity index (χ0) is 7.78. The lowest BCUT2D eigenvalue weighted by Gasteiger charge is -2.15. The second-order valence-corrected chi connectivity index (χ2v) is 4.08. The van der Waals surface area contributed by atoms with Gasteiger partial charge in [0.2, 0.25) is 0 Å². The maximum absolute atomic E-state index is 5.69. The molecule has 0 amide bonds. The van der Waals surface area contributed by atoms with Crippen LogP contribution in [0.5, 0.6) is 0 Å². The Kier molecular flexibility index (Phi) is 2.02. The molecule has 1 saturated heterocycles. The van der Waals surface area contributed by atoms with Gasteiger partial charge < -0.3 is 10.5 Å². The van der Waals surface area contributed by atoms with E-state index in [0.29, 0.717) is 5.41 Å². The van der Waals surface area contributed by atoms with Crippen LogP contribution in [0.2, 0.25) is 0 Å². The number of hydrogen-bond acceptors (Lipinski definition) is 2. The van der Waals surface area contributed by atoms with Crippen LogP contribution < -0.4 is 5.73 Å². The van der Waals surface area contributed by atoms with Gasteiger partial charge in [-0.05, 0) is 18.8 Å². The van der Waals surface area contributed by atoms with Gasteiger partial charge in [0, 0.05) is 6.04 Å². The zero-order valence-electron chi connectivity index (χ0n) is 7.05. The van der Waals surface area contributed by atoms with Gasteiger partial charge in [-0.25, -0.2) is 0 Å². The summed E-state index contributed by atoms with van der Waals surface area (Å²) in [6, 6.07) is 0.182. The van der Waals surface area contributed by atoms with Crippen LogP contribution in [-0.4, -0.2) is 18.8 Å². The van der Waals surface area contributed by atoms with E-state index in [1.165, 1.54) is 0 Å². The fourth-order valence-corrected chi connectivity index (χ4v) is 1.33. The Balaban J connectivity index is 2.43. The molecule has 1 aliphatic heterocycles. The first-order valence-corrected chi connectivity index (χ1v) is 3.88. The van der Waals surface area contributed by atoms with Gasteiger partial charge in [0.15, 0.2) is 0 Å². The lowest BCUT2D eigenvalue weighted by molar-refractivity contribution is 0.0858. The van der Waals surface area contributed by atoms with Crippen LogP contribution >= 0.6 is 0 Å². The Bertz CT molecular complexity index is 120. The third-order valence-electron chi connectivity index (χ3n) is 2.03. The minimum absolute atomic E-state index is 0.182. The third-order valence-corrected chi connectivity index (χ3v) is 2.03. The van der Waals surface area contributed by atoms with Gasteiger partial charge in [0.25, 0.3) is 0 Å². The topological polar surface area (TPSA) is 35.2 Å². The summed E-state index contributed by atoms with van der Waals surface area (Å²) >= 11 is 0. The highest BCUT2D eigenvalue weighted by Crippen LogP contribution is 2.32. The molecule has 1 unspecified atom stereocenters. The van der Waals surface area contributed by atoms with Gasteiger partial charge in [-0.3, -0.25) is 0 Å². The molecule has 0 spiro atoms. The van der Waals surface area contributed by atoms with Crippen molar-refractivity contribution in [3.63, 3.8) is 0 Å². The quantitative estimate of drug-likeness (QED) is 0.597. The van der Waals surface area contributed by atoms with Gasteiger partial charge in [-0.2, -0.15) is 0 Å². The second-order valence-electron chi connectivity index (χ2n) is 4.08. The van der Waals surface area contributed by atoms with Crippen molar-refractivity contribution in [3.05, 3.63) is 0 Å². The number of nitrogens with two attached hydrogens (primary N) is 1. The summed E-state index contributed by atoms with van der Waals surface area (Å²) in [6.45, 7) is 7.30. The van der Waals surface area contributed by atoms with E-state index >= 15 is 0 Å². The van der Waals surface area contributed by atoms with E-state index in [9.17, 15) is 0 Å². The molecule has 1 aliphatic rings. The molecule has 60 valence electrons. The van der Waals surface area contributed by atoms with E-state index in [1.807, 2.05) is 6.92 Å². The van der Waals surface area contributed by atoms with E-state index in [0.717, 1.165) is 13.0 Å². The van der Waals surface area contributed by atoms with E-state index in [1.54, 1.807) is 0 Å². The maximum Gasteiger partial charge on any atom is 0.0729 e. The molecule has 2 heteroatoms. The van der Waals surface area contributed by atoms with Gasteiger partial charge in [-0.1, -0.05) is 13.8 Å². The fourth-order valence-electron chi connectivity index (χ4n) is 1.33. The molecule has 1 rings (SSSR count). The molecule has 1 heterocycles. The standard InChI is InChI=1S/C8H17NO/c1-6(9)7-4-8(2,3)5-10-7/h6-7H,4-5,9H2,1-3H3/t6-,7?/m0/s1. The van der Waals surface area contributed by atoms with E-state index in [-0.39, 0.29) is 12.1 Å². The predicted molar refractivity (Wildman–Crippen MR) is 41.8 cm³/mol. The molecule has 0 aromatic carbocycles. The minimum atomic E-state index is 0.182. The first kappa shape index (κ1) is 8.02. The monoisotopic (exact) mass is 143 g/mol.